The molecular formula is C12H18F2IN3O. The summed E-state index contributed by atoms with van der Waals surface area (Å²) in [6.45, 7) is -2.45. The summed E-state index contributed by atoms with van der Waals surface area (Å²) < 4.78 is 28.9. The van der Waals surface area contributed by atoms with Crippen LogP contribution in [0.4, 0.5) is 8.78 Å². The molecule has 1 aromatic rings. The van der Waals surface area contributed by atoms with Crippen LogP contribution in [0.25, 0.3) is 0 Å². The first-order valence-corrected chi connectivity index (χ1v) is 5.45. The Morgan fingerprint density at radius 2 is 2.00 bits per heavy atom. The molecule has 0 heterocycles. The number of nitrogens with zero attached hydrogens (tertiary/aromatic N) is 2. The number of ether oxygens (including phenoxy) is 1. The molecule has 0 aliphatic heterocycles. The first-order chi connectivity index (χ1) is 8.54. The Balaban J connectivity index is 0.00000324. The van der Waals surface area contributed by atoms with Crippen LogP contribution in [0.2, 0.25) is 0 Å². The summed E-state index contributed by atoms with van der Waals surface area (Å²) in [6, 6.07) is 6.67. The highest BCUT2D eigenvalue weighted by atomic mass is 127. The Bertz CT molecular complexity index is 414. The predicted molar refractivity (Wildman–Crippen MR) is 82.4 cm³/mol. The number of benzene rings is 1. The van der Waals surface area contributed by atoms with Crippen molar-refractivity contribution in [3.05, 3.63) is 29.8 Å². The van der Waals surface area contributed by atoms with Gasteiger partial charge in [-0.3, -0.25) is 4.99 Å². The SMILES string of the molecule is CN=C(NCc1ccccc1OC(F)F)N(C)C.I. The minimum atomic E-state index is -2.82. The van der Waals surface area contributed by atoms with E-state index in [9.17, 15) is 8.78 Å². The van der Waals surface area contributed by atoms with Crippen LogP contribution in [0, 0.1) is 0 Å². The molecule has 1 N–H and O–H groups in total. The summed E-state index contributed by atoms with van der Waals surface area (Å²) in [4.78, 5) is 5.84. The summed E-state index contributed by atoms with van der Waals surface area (Å²) in [5, 5.41) is 3.05. The van der Waals surface area contributed by atoms with Gasteiger partial charge in [0.25, 0.3) is 0 Å². The van der Waals surface area contributed by atoms with Crippen LogP contribution in [0.3, 0.4) is 0 Å². The average Bonchev–Trinajstić information content (AvgIpc) is 2.30. The molecule has 0 aromatic heterocycles. The average molecular weight is 385 g/mol. The quantitative estimate of drug-likeness (QED) is 0.492. The highest BCUT2D eigenvalue weighted by Crippen LogP contribution is 2.19. The molecule has 0 amide bonds. The minimum Gasteiger partial charge on any atom is -0.434 e. The number of nitrogens with one attached hydrogen (secondary N) is 1. The molecule has 0 saturated heterocycles. The van der Waals surface area contributed by atoms with Gasteiger partial charge < -0.3 is 15.0 Å². The van der Waals surface area contributed by atoms with Crippen LogP contribution in [-0.2, 0) is 6.54 Å². The standard InChI is InChI=1S/C12H17F2N3O.HI/c1-15-12(17(2)3)16-8-9-6-4-5-7-10(9)18-11(13)14;/h4-7,11H,8H2,1-3H3,(H,15,16);1H. The van der Waals surface area contributed by atoms with Crippen LogP contribution < -0.4 is 10.1 Å². The summed E-state index contributed by atoms with van der Waals surface area (Å²) in [6.07, 6.45) is 0. The van der Waals surface area contributed by atoms with Crippen molar-refractivity contribution in [3.63, 3.8) is 0 Å². The van der Waals surface area contributed by atoms with Crippen molar-refractivity contribution in [2.45, 2.75) is 13.2 Å². The number of guanidine groups is 1. The van der Waals surface area contributed by atoms with Crippen LogP contribution in [-0.4, -0.2) is 38.6 Å². The fourth-order valence-electron chi connectivity index (χ4n) is 1.47. The maximum absolute atomic E-state index is 12.2. The van der Waals surface area contributed by atoms with Gasteiger partial charge in [0.1, 0.15) is 5.75 Å². The van der Waals surface area contributed by atoms with E-state index in [2.05, 4.69) is 15.0 Å². The van der Waals surface area contributed by atoms with Gasteiger partial charge in [-0.25, -0.2) is 0 Å². The Kier molecular flexibility index (Phi) is 8.37. The largest absolute Gasteiger partial charge is 0.434 e. The van der Waals surface area contributed by atoms with Crippen molar-refractivity contribution < 1.29 is 13.5 Å². The van der Waals surface area contributed by atoms with Gasteiger partial charge in [-0.1, -0.05) is 18.2 Å². The van der Waals surface area contributed by atoms with E-state index in [-0.39, 0.29) is 29.7 Å². The van der Waals surface area contributed by atoms with Crippen molar-refractivity contribution >= 4 is 29.9 Å². The topological polar surface area (TPSA) is 36.9 Å². The summed E-state index contributed by atoms with van der Waals surface area (Å²) in [5.41, 5.74) is 0.654. The maximum Gasteiger partial charge on any atom is 0.387 e. The molecule has 7 heteroatoms. The minimum absolute atomic E-state index is 0. The number of para-hydroxylation sites is 1. The lowest BCUT2D eigenvalue weighted by molar-refractivity contribution is -0.0504. The van der Waals surface area contributed by atoms with Gasteiger partial charge in [0.2, 0.25) is 0 Å². The van der Waals surface area contributed by atoms with E-state index >= 15 is 0 Å². The van der Waals surface area contributed by atoms with E-state index in [1.807, 2.05) is 14.1 Å². The molecule has 0 bridgehead atoms. The second-order valence-corrected chi connectivity index (χ2v) is 3.78. The lowest BCUT2D eigenvalue weighted by atomic mass is 10.2. The van der Waals surface area contributed by atoms with Gasteiger partial charge in [0.05, 0.1) is 0 Å². The molecule has 0 radical (unpaired) electrons. The summed E-state index contributed by atoms with van der Waals surface area (Å²) >= 11 is 0. The Morgan fingerprint density at radius 3 is 2.53 bits per heavy atom. The van der Waals surface area contributed by atoms with E-state index in [1.54, 1.807) is 30.1 Å². The zero-order valence-electron chi connectivity index (χ0n) is 11.1. The van der Waals surface area contributed by atoms with Gasteiger partial charge in [0, 0.05) is 33.3 Å². The number of halogens is 3. The number of rotatable bonds is 4. The molecule has 0 saturated carbocycles. The van der Waals surface area contributed by atoms with Crippen molar-refractivity contribution in [2.24, 2.45) is 4.99 Å². The zero-order valence-corrected chi connectivity index (χ0v) is 13.4. The molecule has 1 rings (SSSR count). The fourth-order valence-corrected chi connectivity index (χ4v) is 1.47. The number of hydrogen-bond acceptors (Lipinski definition) is 2. The molecule has 108 valence electrons. The molecule has 0 fully saturated rings. The molecule has 0 aliphatic carbocycles. The third-order valence-electron chi connectivity index (χ3n) is 2.26. The summed E-state index contributed by atoms with van der Waals surface area (Å²) in [7, 11) is 5.34. The molecule has 0 aliphatic rings. The van der Waals surface area contributed by atoms with Crippen LogP contribution in [0.15, 0.2) is 29.3 Å². The van der Waals surface area contributed by atoms with Gasteiger partial charge in [-0.2, -0.15) is 8.78 Å². The maximum atomic E-state index is 12.2. The molecule has 1 aromatic carbocycles. The second kappa shape index (κ2) is 8.89. The monoisotopic (exact) mass is 385 g/mol. The van der Waals surface area contributed by atoms with E-state index in [0.29, 0.717) is 18.1 Å². The van der Waals surface area contributed by atoms with Crippen molar-refractivity contribution in [1.29, 1.82) is 0 Å². The number of hydrogen-bond donors (Lipinski definition) is 1. The van der Waals surface area contributed by atoms with Gasteiger partial charge in [0.15, 0.2) is 5.96 Å². The molecule has 0 unspecified atom stereocenters. The second-order valence-electron chi connectivity index (χ2n) is 3.78. The lowest BCUT2D eigenvalue weighted by Gasteiger charge is -2.18. The molecule has 0 atom stereocenters. The molecular weight excluding hydrogens is 367 g/mol. The molecule has 19 heavy (non-hydrogen) atoms. The normalized spacial score (nSPS) is 10.9. The van der Waals surface area contributed by atoms with Gasteiger partial charge >= 0.3 is 6.61 Å². The van der Waals surface area contributed by atoms with E-state index in [1.165, 1.54) is 6.07 Å². The zero-order chi connectivity index (χ0) is 13.5. The smallest absolute Gasteiger partial charge is 0.387 e. The third kappa shape index (κ3) is 6.04. The molecule has 4 nitrogen and oxygen atoms in total. The van der Waals surface area contributed by atoms with Crippen molar-refractivity contribution in [2.75, 3.05) is 21.1 Å². The van der Waals surface area contributed by atoms with Crippen LogP contribution >= 0.6 is 24.0 Å². The first-order valence-electron chi connectivity index (χ1n) is 5.45. The Labute approximate surface area is 128 Å². The first kappa shape index (κ1) is 17.9. The van der Waals surface area contributed by atoms with Crippen molar-refractivity contribution in [1.82, 2.24) is 10.2 Å². The Morgan fingerprint density at radius 1 is 1.37 bits per heavy atom. The van der Waals surface area contributed by atoms with Crippen LogP contribution in [0.1, 0.15) is 5.56 Å². The van der Waals surface area contributed by atoms with E-state index < -0.39 is 6.61 Å². The highest BCUT2D eigenvalue weighted by molar-refractivity contribution is 14.0. The lowest BCUT2D eigenvalue weighted by Crippen LogP contribution is -2.35. The summed E-state index contributed by atoms with van der Waals surface area (Å²) in [5.74, 6) is 0.844. The number of aliphatic imine (C=N–C) groups is 1. The highest BCUT2D eigenvalue weighted by Gasteiger charge is 2.09. The van der Waals surface area contributed by atoms with E-state index in [0.717, 1.165) is 0 Å². The van der Waals surface area contributed by atoms with Gasteiger partial charge in [-0.15, -0.1) is 24.0 Å². The van der Waals surface area contributed by atoms with Crippen LogP contribution in [0.5, 0.6) is 5.75 Å². The van der Waals surface area contributed by atoms with Gasteiger partial charge in [-0.05, 0) is 6.07 Å². The van der Waals surface area contributed by atoms with Crippen molar-refractivity contribution in [3.8, 4) is 5.75 Å². The van der Waals surface area contributed by atoms with E-state index in [4.69, 9.17) is 0 Å². The fraction of sp³-hybridized carbons (Fsp3) is 0.417. The predicted octanol–water partition coefficient (Wildman–Crippen LogP) is 2.54. The Hall–Kier alpha value is -1.12. The number of alkyl halides is 2. The third-order valence-corrected chi connectivity index (χ3v) is 2.26. The molecule has 0 spiro atoms.